The van der Waals surface area contributed by atoms with Crippen LogP contribution in [0.2, 0.25) is 0 Å². The maximum Gasteiger partial charge on any atom is 0.137 e. The van der Waals surface area contributed by atoms with E-state index in [1.54, 1.807) is 19.2 Å². The molecule has 0 spiro atoms. The fourth-order valence-electron chi connectivity index (χ4n) is 1.73. The highest BCUT2D eigenvalue weighted by atomic mass is 16.5. The van der Waals surface area contributed by atoms with Gasteiger partial charge in [-0.25, -0.2) is 0 Å². The van der Waals surface area contributed by atoms with Crippen molar-refractivity contribution in [2.75, 3.05) is 40.0 Å². The molecule has 1 rings (SSSR count). The lowest BCUT2D eigenvalue weighted by Gasteiger charge is -2.20. The minimum absolute atomic E-state index is 0.480. The molecule has 20 heavy (non-hydrogen) atoms. The van der Waals surface area contributed by atoms with Crippen LogP contribution < -0.4 is 4.74 Å². The molecule has 1 aromatic rings. The van der Waals surface area contributed by atoms with E-state index in [1.807, 2.05) is 12.1 Å². The van der Waals surface area contributed by atoms with Gasteiger partial charge in [0.2, 0.25) is 0 Å². The number of methoxy groups -OCH3 is 1. The highest BCUT2D eigenvalue weighted by molar-refractivity contribution is 5.42. The van der Waals surface area contributed by atoms with Crippen molar-refractivity contribution in [1.82, 2.24) is 4.90 Å². The van der Waals surface area contributed by atoms with Crippen LogP contribution in [0.4, 0.5) is 0 Å². The lowest BCUT2D eigenvalue weighted by Crippen LogP contribution is -2.32. The van der Waals surface area contributed by atoms with Gasteiger partial charge in [0.15, 0.2) is 0 Å². The van der Waals surface area contributed by atoms with Crippen LogP contribution in [0.25, 0.3) is 0 Å². The summed E-state index contributed by atoms with van der Waals surface area (Å²) in [5.74, 6) is 0.599. The van der Waals surface area contributed by atoms with Gasteiger partial charge in [0, 0.05) is 33.2 Å². The zero-order valence-electron chi connectivity index (χ0n) is 11.7. The van der Waals surface area contributed by atoms with Gasteiger partial charge in [-0.2, -0.15) is 10.5 Å². The van der Waals surface area contributed by atoms with Gasteiger partial charge in [-0.15, -0.1) is 0 Å². The standard InChI is InChI=1S/C15H19N3O2/c1-19-11-9-18(8-4-7-16)10-12-20-15-6-3-2-5-14(15)13-17/h2-3,5-6H,4,8-12H2,1H3. The first-order valence-electron chi connectivity index (χ1n) is 6.52. The number of rotatable bonds is 9. The smallest absolute Gasteiger partial charge is 0.137 e. The first-order valence-corrected chi connectivity index (χ1v) is 6.52. The molecule has 0 aliphatic rings. The molecule has 106 valence electrons. The van der Waals surface area contributed by atoms with Gasteiger partial charge >= 0.3 is 0 Å². The second-order valence-electron chi connectivity index (χ2n) is 4.20. The predicted octanol–water partition coefficient (Wildman–Crippen LogP) is 1.80. The monoisotopic (exact) mass is 273 g/mol. The second-order valence-corrected chi connectivity index (χ2v) is 4.20. The Kier molecular flexibility index (Phi) is 7.83. The molecule has 0 aromatic heterocycles. The molecular formula is C15H19N3O2. The number of ether oxygens (including phenoxy) is 2. The molecule has 0 radical (unpaired) electrons. The van der Waals surface area contributed by atoms with Crippen LogP contribution in [-0.2, 0) is 4.74 Å². The summed E-state index contributed by atoms with van der Waals surface area (Å²) in [7, 11) is 1.65. The van der Waals surface area contributed by atoms with Crippen molar-refractivity contribution in [3.8, 4) is 17.9 Å². The third kappa shape index (κ3) is 5.71. The van der Waals surface area contributed by atoms with Crippen molar-refractivity contribution >= 4 is 0 Å². The van der Waals surface area contributed by atoms with Gasteiger partial charge in [-0.3, -0.25) is 4.90 Å². The van der Waals surface area contributed by atoms with Gasteiger partial charge in [0.25, 0.3) is 0 Å². The molecule has 0 saturated heterocycles. The maximum absolute atomic E-state index is 8.97. The van der Waals surface area contributed by atoms with Crippen LogP contribution in [0, 0.1) is 22.7 Å². The van der Waals surface area contributed by atoms with Crippen molar-refractivity contribution in [3.05, 3.63) is 29.8 Å². The molecule has 0 aliphatic carbocycles. The Morgan fingerprint density at radius 2 is 1.85 bits per heavy atom. The summed E-state index contributed by atoms with van der Waals surface area (Å²) in [6.45, 7) is 3.27. The molecule has 0 amide bonds. The largest absolute Gasteiger partial charge is 0.491 e. The Hall–Kier alpha value is -2.08. The van der Waals surface area contributed by atoms with Gasteiger partial charge in [0.1, 0.15) is 18.4 Å². The average Bonchev–Trinajstić information content (AvgIpc) is 2.49. The summed E-state index contributed by atoms with van der Waals surface area (Å²) >= 11 is 0. The zero-order chi connectivity index (χ0) is 14.6. The summed E-state index contributed by atoms with van der Waals surface area (Å²) < 4.78 is 10.7. The van der Waals surface area contributed by atoms with Crippen LogP contribution >= 0.6 is 0 Å². The van der Waals surface area contributed by atoms with E-state index >= 15 is 0 Å². The quantitative estimate of drug-likeness (QED) is 0.686. The minimum atomic E-state index is 0.480. The van der Waals surface area contributed by atoms with E-state index in [0.717, 1.165) is 6.54 Å². The van der Waals surface area contributed by atoms with E-state index in [9.17, 15) is 0 Å². The summed E-state index contributed by atoms with van der Waals surface area (Å²) in [4.78, 5) is 2.11. The zero-order valence-corrected chi connectivity index (χ0v) is 11.7. The highest BCUT2D eigenvalue weighted by Gasteiger charge is 2.06. The summed E-state index contributed by atoms with van der Waals surface area (Å²) in [6.07, 6.45) is 0.485. The van der Waals surface area contributed by atoms with Crippen molar-refractivity contribution in [3.63, 3.8) is 0 Å². The van der Waals surface area contributed by atoms with Gasteiger partial charge in [-0.1, -0.05) is 12.1 Å². The number of nitrogens with zero attached hydrogens (tertiary/aromatic N) is 3. The average molecular weight is 273 g/mol. The number of nitriles is 2. The van der Waals surface area contributed by atoms with E-state index in [-0.39, 0.29) is 0 Å². The van der Waals surface area contributed by atoms with Crippen LogP contribution in [0.5, 0.6) is 5.75 Å². The van der Waals surface area contributed by atoms with E-state index in [1.165, 1.54) is 0 Å². The number of hydrogen-bond acceptors (Lipinski definition) is 5. The highest BCUT2D eigenvalue weighted by Crippen LogP contribution is 2.16. The van der Waals surface area contributed by atoms with Gasteiger partial charge in [0.05, 0.1) is 18.2 Å². The number of benzene rings is 1. The minimum Gasteiger partial charge on any atom is -0.491 e. The van der Waals surface area contributed by atoms with Crippen LogP contribution in [0.15, 0.2) is 24.3 Å². The van der Waals surface area contributed by atoms with Crippen molar-refractivity contribution in [2.24, 2.45) is 0 Å². The van der Waals surface area contributed by atoms with E-state index in [2.05, 4.69) is 17.0 Å². The molecule has 0 unspecified atom stereocenters. The van der Waals surface area contributed by atoms with Crippen molar-refractivity contribution < 1.29 is 9.47 Å². The Bertz CT molecular complexity index is 477. The predicted molar refractivity (Wildman–Crippen MR) is 75.2 cm³/mol. The molecule has 5 nitrogen and oxygen atoms in total. The number of hydrogen-bond donors (Lipinski definition) is 0. The molecule has 0 saturated carbocycles. The third-order valence-electron chi connectivity index (χ3n) is 2.82. The Morgan fingerprint density at radius 3 is 2.55 bits per heavy atom. The maximum atomic E-state index is 8.97. The topological polar surface area (TPSA) is 69.3 Å². The first-order chi connectivity index (χ1) is 9.81. The Morgan fingerprint density at radius 1 is 1.10 bits per heavy atom. The normalized spacial score (nSPS) is 10.0. The molecule has 0 fully saturated rings. The molecule has 0 heterocycles. The van der Waals surface area contributed by atoms with Crippen LogP contribution in [0.1, 0.15) is 12.0 Å². The Labute approximate surface area is 119 Å². The number of para-hydroxylation sites is 1. The van der Waals surface area contributed by atoms with Crippen LogP contribution in [-0.4, -0.2) is 44.9 Å². The van der Waals surface area contributed by atoms with E-state index in [0.29, 0.717) is 44.0 Å². The van der Waals surface area contributed by atoms with Crippen LogP contribution in [0.3, 0.4) is 0 Å². The van der Waals surface area contributed by atoms with Crippen molar-refractivity contribution in [2.45, 2.75) is 6.42 Å². The van der Waals surface area contributed by atoms with Crippen molar-refractivity contribution in [1.29, 1.82) is 10.5 Å². The van der Waals surface area contributed by atoms with Gasteiger partial charge < -0.3 is 9.47 Å². The fourth-order valence-corrected chi connectivity index (χ4v) is 1.73. The van der Waals surface area contributed by atoms with E-state index in [4.69, 9.17) is 20.0 Å². The molecule has 1 aromatic carbocycles. The Balaban J connectivity index is 2.43. The summed E-state index contributed by atoms with van der Waals surface area (Å²) in [6, 6.07) is 11.4. The third-order valence-corrected chi connectivity index (χ3v) is 2.82. The molecule has 0 atom stereocenters. The molecule has 0 N–H and O–H groups in total. The SMILES string of the molecule is COCCN(CCC#N)CCOc1ccccc1C#N. The molecular weight excluding hydrogens is 254 g/mol. The first kappa shape index (κ1) is 16.0. The summed E-state index contributed by atoms with van der Waals surface area (Å²) in [5.41, 5.74) is 0.535. The lowest BCUT2D eigenvalue weighted by atomic mass is 10.2. The fraction of sp³-hybridized carbons (Fsp3) is 0.467. The van der Waals surface area contributed by atoms with E-state index < -0.39 is 0 Å². The lowest BCUT2D eigenvalue weighted by molar-refractivity contribution is 0.136. The molecule has 0 bridgehead atoms. The second kappa shape index (κ2) is 9.80. The van der Waals surface area contributed by atoms with Gasteiger partial charge in [-0.05, 0) is 12.1 Å². The molecule has 0 aliphatic heterocycles. The summed E-state index contributed by atoms with van der Waals surface area (Å²) in [5, 5.41) is 17.6. The molecule has 5 heteroatoms.